The predicted molar refractivity (Wildman–Crippen MR) is 46.3 cm³/mol. The first kappa shape index (κ1) is 5.76. The molecule has 0 heterocycles. The molecule has 60 valence electrons. The molecule has 1 aliphatic rings. The van der Waals surface area contributed by atoms with Crippen molar-refractivity contribution in [2.75, 3.05) is 0 Å². The van der Waals surface area contributed by atoms with Crippen molar-refractivity contribution in [3.63, 3.8) is 0 Å². The van der Waals surface area contributed by atoms with Gasteiger partial charge in [-0.2, -0.15) is 0 Å². The summed E-state index contributed by atoms with van der Waals surface area (Å²) in [4.78, 5) is 11.3. The molecule has 1 heteroatoms. The number of allylic oxidation sites excluding steroid dienone is 3. The van der Waals surface area contributed by atoms with Crippen molar-refractivity contribution in [2.45, 2.75) is 26.7 Å². The monoisotopic (exact) mass is 152 g/mol. The molecule has 0 saturated heterocycles. The maximum absolute atomic E-state index is 11.3. The standard InChI is InChI=1S/C10H14O/c1-7(2)9-5-4-8(3)10(11)6-9/h4,9H,1,5-6H2,2-3H3/i1D2. The summed E-state index contributed by atoms with van der Waals surface area (Å²) in [6.45, 7) is 3.44. The molecule has 0 radical (unpaired) electrons. The highest BCUT2D eigenvalue weighted by atomic mass is 16.1. The molecule has 0 aromatic rings. The van der Waals surface area contributed by atoms with Crippen molar-refractivity contribution in [3.05, 3.63) is 23.8 Å². The highest BCUT2D eigenvalue weighted by Crippen LogP contribution is 2.25. The Morgan fingerprint density at radius 2 is 2.64 bits per heavy atom. The highest BCUT2D eigenvalue weighted by Gasteiger charge is 2.18. The van der Waals surface area contributed by atoms with Crippen molar-refractivity contribution < 1.29 is 7.54 Å². The smallest absolute Gasteiger partial charge is 0.158 e. The van der Waals surface area contributed by atoms with Gasteiger partial charge in [0.2, 0.25) is 0 Å². The Kier molecular flexibility index (Phi) is 1.59. The third-order valence-corrected chi connectivity index (χ3v) is 2.19. The average molecular weight is 152 g/mol. The van der Waals surface area contributed by atoms with Gasteiger partial charge in [0.25, 0.3) is 0 Å². The topological polar surface area (TPSA) is 17.1 Å². The van der Waals surface area contributed by atoms with E-state index in [-0.39, 0.29) is 18.2 Å². The minimum absolute atomic E-state index is 0.0844. The summed E-state index contributed by atoms with van der Waals surface area (Å²) in [6, 6.07) is 0. The number of rotatable bonds is 1. The first-order valence-electron chi connectivity index (χ1n) is 4.86. The second kappa shape index (κ2) is 3.04. The maximum Gasteiger partial charge on any atom is 0.158 e. The van der Waals surface area contributed by atoms with Crippen LogP contribution in [0.25, 0.3) is 0 Å². The fourth-order valence-corrected chi connectivity index (χ4v) is 1.23. The zero-order valence-electron chi connectivity index (χ0n) is 8.98. The van der Waals surface area contributed by atoms with Gasteiger partial charge >= 0.3 is 0 Å². The van der Waals surface area contributed by atoms with E-state index in [2.05, 4.69) is 0 Å². The van der Waals surface area contributed by atoms with Gasteiger partial charge in [-0.05, 0) is 31.8 Å². The van der Waals surface area contributed by atoms with Crippen LogP contribution in [0.15, 0.2) is 23.8 Å². The summed E-state index contributed by atoms with van der Waals surface area (Å²) in [7, 11) is 0. The molecular weight excluding hydrogens is 136 g/mol. The fourth-order valence-electron chi connectivity index (χ4n) is 1.23. The molecule has 0 spiro atoms. The van der Waals surface area contributed by atoms with Gasteiger partial charge in [0.05, 0.1) is 2.74 Å². The Morgan fingerprint density at radius 3 is 3.18 bits per heavy atom. The molecule has 0 N–H and O–H groups in total. The number of hydrogen-bond donors (Lipinski definition) is 0. The number of ketones is 1. The van der Waals surface area contributed by atoms with Gasteiger partial charge in [0.1, 0.15) is 0 Å². The zero-order chi connectivity index (χ0) is 10.0. The summed E-state index contributed by atoms with van der Waals surface area (Å²) in [5, 5.41) is 0. The van der Waals surface area contributed by atoms with Crippen LogP contribution >= 0.6 is 0 Å². The first-order chi connectivity index (χ1) is 6.02. The van der Waals surface area contributed by atoms with Gasteiger partial charge in [-0.25, -0.2) is 0 Å². The minimum Gasteiger partial charge on any atom is -0.295 e. The molecule has 0 aromatic heterocycles. The molecule has 0 bridgehead atoms. The lowest BCUT2D eigenvalue weighted by Gasteiger charge is -2.18. The lowest BCUT2D eigenvalue weighted by molar-refractivity contribution is -0.116. The second-order valence-corrected chi connectivity index (χ2v) is 3.13. The van der Waals surface area contributed by atoms with Crippen LogP contribution in [0.1, 0.15) is 29.4 Å². The molecule has 0 aliphatic heterocycles. The first-order valence-corrected chi connectivity index (χ1v) is 3.86. The number of Topliss-reactive ketones (excluding diaryl/α,β-unsaturated/α-hetero) is 1. The highest BCUT2D eigenvalue weighted by molar-refractivity contribution is 5.95. The van der Waals surface area contributed by atoms with Gasteiger partial charge in [0.15, 0.2) is 5.78 Å². The molecule has 1 aliphatic carbocycles. The van der Waals surface area contributed by atoms with Gasteiger partial charge in [-0.3, -0.25) is 4.79 Å². The quantitative estimate of drug-likeness (QED) is 0.527. The summed E-state index contributed by atoms with van der Waals surface area (Å²) >= 11 is 0. The molecule has 1 rings (SSSR count). The maximum atomic E-state index is 11.3. The SMILES string of the molecule is [2H]C([2H])=C(C)C1CC=C(C)C(=O)C1. The Bertz CT molecular complexity index is 285. The van der Waals surface area contributed by atoms with Crippen LogP contribution in [0.4, 0.5) is 0 Å². The van der Waals surface area contributed by atoms with Crippen molar-refractivity contribution in [1.29, 1.82) is 0 Å². The van der Waals surface area contributed by atoms with Crippen molar-refractivity contribution in [1.82, 2.24) is 0 Å². The average Bonchev–Trinajstić information content (AvgIpc) is 2.08. The molecule has 0 fully saturated rings. The lowest BCUT2D eigenvalue weighted by Crippen LogP contribution is -2.14. The van der Waals surface area contributed by atoms with Crippen LogP contribution < -0.4 is 0 Å². The van der Waals surface area contributed by atoms with Crippen molar-refractivity contribution >= 4 is 5.78 Å². The molecule has 1 atom stereocenters. The predicted octanol–water partition coefficient (Wildman–Crippen LogP) is 2.49. The second-order valence-electron chi connectivity index (χ2n) is 3.13. The van der Waals surface area contributed by atoms with E-state index in [9.17, 15) is 4.79 Å². The van der Waals surface area contributed by atoms with Crippen molar-refractivity contribution in [3.8, 4) is 0 Å². The van der Waals surface area contributed by atoms with Gasteiger partial charge < -0.3 is 0 Å². The van der Waals surface area contributed by atoms with Gasteiger partial charge in [-0.15, -0.1) is 0 Å². The Morgan fingerprint density at radius 1 is 1.91 bits per heavy atom. The van der Waals surface area contributed by atoms with E-state index in [1.54, 1.807) is 6.92 Å². The van der Waals surface area contributed by atoms with Gasteiger partial charge in [0, 0.05) is 6.42 Å². The largest absolute Gasteiger partial charge is 0.295 e. The van der Waals surface area contributed by atoms with Crippen LogP contribution in [0.2, 0.25) is 0 Å². The Hall–Kier alpha value is -0.850. The zero-order valence-corrected chi connectivity index (χ0v) is 6.98. The van der Waals surface area contributed by atoms with Crippen LogP contribution in [0.5, 0.6) is 0 Å². The van der Waals surface area contributed by atoms with E-state index >= 15 is 0 Å². The fraction of sp³-hybridized carbons (Fsp3) is 0.500. The van der Waals surface area contributed by atoms with Crippen molar-refractivity contribution in [2.24, 2.45) is 5.92 Å². The molecule has 11 heavy (non-hydrogen) atoms. The summed E-state index contributed by atoms with van der Waals surface area (Å²) in [6.07, 6.45) is 3.17. The van der Waals surface area contributed by atoms with E-state index in [0.29, 0.717) is 6.42 Å². The van der Waals surface area contributed by atoms with Crippen LogP contribution in [-0.2, 0) is 4.79 Å². The van der Waals surface area contributed by atoms with E-state index in [1.807, 2.05) is 13.0 Å². The third-order valence-electron chi connectivity index (χ3n) is 2.19. The van der Waals surface area contributed by atoms with Crippen LogP contribution in [0.3, 0.4) is 0 Å². The number of hydrogen-bond acceptors (Lipinski definition) is 1. The Labute approximate surface area is 70.6 Å². The summed E-state index contributed by atoms with van der Waals surface area (Å²) in [5.74, 6) is 0.234. The number of carbonyl (C=O) groups excluding carboxylic acids is 1. The lowest BCUT2D eigenvalue weighted by atomic mass is 9.85. The molecule has 1 nitrogen and oxygen atoms in total. The molecule has 1 unspecified atom stereocenters. The van der Waals surface area contributed by atoms with E-state index in [1.165, 1.54) is 0 Å². The number of carbonyl (C=O) groups is 1. The molecule has 0 saturated carbocycles. The van der Waals surface area contributed by atoms with E-state index < -0.39 is 0 Å². The summed E-state index contributed by atoms with van der Waals surface area (Å²) in [5.41, 5.74) is 1.54. The normalized spacial score (nSPS) is 26.9. The van der Waals surface area contributed by atoms with Crippen LogP contribution in [-0.4, -0.2) is 5.78 Å². The molecule has 0 amide bonds. The van der Waals surface area contributed by atoms with E-state index in [4.69, 9.17) is 2.74 Å². The van der Waals surface area contributed by atoms with Gasteiger partial charge in [-0.1, -0.05) is 18.2 Å². The minimum atomic E-state index is -0.147. The van der Waals surface area contributed by atoms with Crippen LogP contribution in [0, 0.1) is 5.92 Å². The summed E-state index contributed by atoms with van der Waals surface area (Å²) < 4.78 is 14.3. The third kappa shape index (κ3) is 1.79. The van der Waals surface area contributed by atoms with E-state index in [0.717, 1.165) is 17.6 Å². The molecular formula is C10H14O. The molecule has 0 aromatic carbocycles. The Balaban J connectivity index is 2.79.